The third-order valence-corrected chi connectivity index (χ3v) is 3.12. The molecule has 1 aliphatic rings. The van der Waals surface area contributed by atoms with Gasteiger partial charge in [-0.2, -0.15) is 0 Å². The van der Waals surface area contributed by atoms with Gasteiger partial charge in [0.25, 0.3) is 0 Å². The van der Waals surface area contributed by atoms with Crippen LogP contribution < -0.4 is 0 Å². The van der Waals surface area contributed by atoms with E-state index in [0.717, 1.165) is 43.3 Å². The fourth-order valence-corrected chi connectivity index (χ4v) is 2.08. The van der Waals surface area contributed by atoms with E-state index in [1.165, 1.54) is 19.3 Å². The average molecular weight is 220 g/mol. The minimum Gasteiger partial charge on any atom is -0.289 e. The van der Waals surface area contributed by atoms with E-state index in [-0.39, 0.29) is 0 Å². The molecule has 0 radical (unpaired) electrons. The number of Topliss-reactive ketones (excluding diaryl/α,β-unsaturated/α-hetero) is 1. The van der Waals surface area contributed by atoms with Gasteiger partial charge in [0.15, 0.2) is 5.78 Å². The van der Waals surface area contributed by atoms with Crippen molar-refractivity contribution in [2.45, 2.75) is 65.2 Å². The molecule has 0 aromatic rings. The standard InChI is InChI=1S/C15H24O/c1-3-5-7-8-10-14-12-11-13(15(14)16)9-6-4-2/h9-10H,3-8,11-12H2,1-2H3/b13-9+,14-10-. The van der Waals surface area contributed by atoms with Crippen LogP contribution in [-0.4, -0.2) is 5.78 Å². The summed E-state index contributed by atoms with van der Waals surface area (Å²) >= 11 is 0. The number of unbranched alkanes of at least 4 members (excludes halogenated alkanes) is 4. The molecule has 16 heavy (non-hydrogen) atoms. The SMILES string of the molecule is CCC/C=C1\CC/C(=C/CCCCC)C1=O. The van der Waals surface area contributed by atoms with E-state index in [2.05, 4.69) is 26.0 Å². The number of rotatable bonds is 6. The first-order valence-corrected chi connectivity index (χ1v) is 6.72. The van der Waals surface area contributed by atoms with E-state index >= 15 is 0 Å². The second-order valence-electron chi connectivity index (χ2n) is 4.57. The maximum atomic E-state index is 11.9. The molecule has 1 aliphatic carbocycles. The van der Waals surface area contributed by atoms with Crippen LogP contribution in [0.5, 0.6) is 0 Å². The molecule has 0 saturated heterocycles. The quantitative estimate of drug-likeness (QED) is 0.473. The first-order valence-electron chi connectivity index (χ1n) is 6.72. The van der Waals surface area contributed by atoms with E-state index in [0.29, 0.717) is 5.78 Å². The van der Waals surface area contributed by atoms with Crippen LogP contribution >= 0.6 is 0 Å². The Morgan fingerprint density at radius 2 is 1.56 bits per heavy atom. The third-order valence-electron chi connectivity index (χ3n) is 3.12. The van der Waals surface area contributed by atoms with Crippen molar-refractivity contribution in [3.8, 4) is 0 Å². The van der Waals surface area contributed by atoms with Gasteiger partial charge in [-0.25, -0.2) is 0 Å². The Kier molecular flexibility index (Phi) is 6.14. The average Bonchev–Trinajstić information content (AvgIpc) is 2.64. The summed E-state index contributed by atoms with van der Waals surface area (Å²) in [6, 6.07) is 0. The molecule has 0 bridgehead atoms. The van der Waals surface area contributed by atoms with Gasteiger partial charge in [0, 0.05) is 0 Å². The monoisotopic (exact) mass is 220 g/mol. The zero-order chi connectivity index (χ0) is 11.8. The summed E-state index contributed by atoms with van der Waals surface area (Å²) in [7, 11) is 0. The summed E-state index contributed by atoms with van der Waals surface area (Å²) in [6.45, 7) is 4.36. The van der Waals surface area contributed by atoms with Gasteiger partial charge in [-0.1, -0.05) is 45.3 Å². The molecule has 0 aliphatic heterocycles. The van der Waals surface area contributed by atoms with Gasteiger partial charge in [0.2, 0.25) is 0 Å². The Hall–Kier alpha value is -0.850. The zero-order valence-corrected chi connectivity index (χ0v) is 10.7. The van der Waals surface area contributed by atoms with Crippen LogP contribution in [-0.2, 0) is 4.79 Å². The van der Waals surface area contributed by atoms with Crippen LogP contribution in [0.25, 0.3) is 0 Å². The second-order valence-corrected chi connectivity index (χ2v) is 4.57. The number of carbonyl (C=O) groups excluding carboxylic acids is 1. The number of allylic oxidation sites excluding steroid dienone is 4. The molecule has 0 amide bonds. The molecule has 1 rings (SSSR count). The fourth-order valence-electron chi connectivity index (χ4n) is 2.08. The lowest BCUT2D eigenvalue weighted by atomic mass is 10.1. The van der Waals surface area contributed by atoms with Crippen molar-refractivity contribution in [1.29, 1.82) is 0 Å². The highest BCUT2D eigenvalue weighted by Gasteiger charge is 2.21. The Morgan fingerprint density at radius 1 is 0.938 bits per heavy atom. The number of hydrogen-bond donors (Lipinski definition) is 0. The lowest BCUT2D eigenvalue weighted by molar-refractivity contribution is -0.111. The Morgan fingerprint density at radius 3 is 2.12 bits per heavy atom. The lowest BCUT2D eigenvalue weighted by Gasteiger charge is -1.96. The summed E-state index contributed by atoms with van der Waals surface area (Å²) in [5, 5.41) is 0. The first-order chi connectivity index (χ1) is 7.79. The minimum atomic E-state index is 0.324. The second kappa shape index (κ2) is 7.43. The van der Waals surface area contributed by atoms with Crippen molar-refractivity contribution in [3.05, 3.63) is 23.3 Å². The molecule has 1 heteroatoms. The van der Waals surface area contributed by atoms with Gasteiger partial charge >= 0.3 is 0 Å². The van der Waals surface area contributed by atoms with Crippen molar-refractivity contribution >= 4 is 5.78 Å². The molecule has 0 spiro atoms. The maximum Gasteiger partial charge on any atom is 0.184 e. The minimum absolute atomic E-state index is 0.324. The molecule has 1 fully saturated rings. The summed E-state index contributed by atoms with van der Waals surface area (Å²) in [5.74, 6) is 0.324. The van der Waals surface area contributed by atoms with Gasteiger partial charge < -0.3 is 0 Å². The predicted octanol–water partition coefficient (Wildman–Crippen LogP) is 4.58. The van der Waals surface area contributed by atoms with Gasteiger partial charge in [0.1, 0.15) is 0 Å². The third kappa shape index (κ3) is 3.96. The molecule has 0 atom stereocenters. The van der Waals surface area contributed by atoms with Crippen LogP contribution in [0.4, 0.5) is 0 Å². The molecule has 90 valence electrons. The molecular weight excluding hydrogens is 196 g/mol. The van der Waals surface area contributed by atoms with E-state index in [9.17, 15) is 4.79 Å². The highest BCUT2D eigenvalue weighted by molar-refractivity contribution is 6.10. The van der Waals surface area contributed by atoms with E-state index < -0.39 is 0 Å². The summed E-state index contributed by atoms with van der Waals surface area (Å²) in [4.78, 5) is 11.9. The Labute approximate surface area is 99.6 Å². The number of ketones is 1. The van der Waals surface area contributed by atoms with Crippen LogP contribution in [0.15, 0.2) is 23.3 Å². The molecule has 0 heterocycles. The largest absolute Gasteiger partial charge is 0.289 e. The van der Waals surface area contributed by atoms with E-state index in [1.807, 2.05) is 0 Å². The van der Waals surface area contributed by atoms with E-state index in [1.54, 1.807) is 0 Å². The molecule has 1 nitrogen and oxygen atoms in total. The lowest BCUT2D eigenvalue weighted by Crippen LogP contribution is -1.95. The van der Waals surface area contributed by atoms with Crippen LogP contribution in [0.3, 0.4) is 0 Å². The van der Waals surface area contributed by atoms with Crippen molar-refractivity contribution in [2.24, 2.45) is 0 Å². The molecular formula is C15H24O. The van der Waals surface area contributed by atoms with E-state index in [4.69, 9.17) is 0 Å². The number of hydrogen-bond acceptors (Lipinski definition) is 1. The van der Waals surface area contributed by atoms with Crippen molar-refractivity contribution in [1.82, 2.24) is 0 Å². The Balaban J connectivity index is 2.44. The van der Waals surface area contributed by atoms with Gasteiger partial charge in [0.05, 0.1) is 0 Å². The van der Waals surface area contributed by atoms with Crippen LogP contribution in [0.2, 0.25) is 0 Å². The molecule has 1 saturated carbocycles. The topological polar surface area (TPSA) is 17.1 Å². The highest BCUT2D eigenvalue weighted by atomic mass is 16.1. The first kappa shape index (κ1) is 13.2. The van der Waals surface area contributed by atoms with Gasteiger partial charge in [-0.15, -0.1) is 0 Å². The maximum absolute atomic E-state index is 11.9. The number of carbonyl (C=O) groups is 1. The van der Waals surface area contributed by atoms with Gasteiger partial charge in [-0.05, 0) is 43.3 Å². The van der Waals surface area contributed by atoms with Crippen LogP contribution in [0, 0.1) is 0 Å². The Bertz CT molecular complexity index is 284. The smallest absolute Gasteiger partial charge is 0.184 e. The van der Waals surface area contributed by atoms with Crippen LogP contribution in [0.1, 0.15) is 65.2 Å². The summed E-state index contributed by atoms with van der Waals surface area (Å²) < 4.78 is 0. The predicted molar refractivity (Wildman–Crippen MR) is 69.5 cm³/mol. The molecule has 0 aromatic heterocycles. The fraction of sp³-hybridized carbons (Fsp3) is 0.667. The van der Waals surface area contributed by atoms with Gasteiger partial charge in [-0.3, -0.25) is 4.79 Å². The zero-order valence-electron chi connectivity index (χ0n) is 10.7. The highest BCUT2D eigenvalue weighted by Crippen LogP contribution is 2.27. The normalized spacial score (nSPS) is 21.2. The van der Waals surface area contributed by atoms with Crippen molar-refractivity contribution < 1.29 is 4.79 Å². The summed E-state index contributed by atoms with van der Waals surface area (Å²) in [5.41, 5.74) is 2.13. The van der Waals surface area contributed by atoms with Crippen molar-refractivity contribution in [3.63, 3.8) is 0 Å². The molecule has 0 N–H and O–H groups in total. The molecule has 0 aromatic carbocycles. The molecule has 0 unspecified atom stereocenters. The summed E-state index contributed by atoms with van der Waals surface area (Å²) in [6.07, 6.45) is 13.3. The van der Waals surface area contributed by atoms with Crippen molar-refractivity contribution in [2.75, 3.05) is 0 Å².